The highest BCUT2D eigenvalue weighted by Crippen LogP contribution is 2.25. The smallest absolute Gasteiger partial charge is 0.261 e. The topological polar surface area (TPSA) is 71.1 Å². The van der Waals surface area contributed by atoms with E-state index in [1.54, 1.807) is 42.5 Å². The van der Waals surface area contributed by atoms with Gasteiger partial charge in [-0.05, 0) is 48.7 Å². The molecular weight excluding hydrogens is 346 g/mol. The van der Waals surface area contributed by atoms with Crippen LogP contribution in [0.3, 0.4) is 0 Å². The van der Waals surface area contributed by atoms with E-state index >= 15 is 0 Å². The second-order valence-electron chi connectivity index (χ2n) is 5.94. The number of aryl methyl sites for hydroxylation is 2. The van der Waals surface area contributed by atoms with Gasteiger partial charge >= 0.3 is 0 Å². The third-order valence-corrected chi connectivity index (χ3v) is 5.46. The lowest BCUT2D eigenvalue weighted by molar-refractivity contribution is 0.601. The van der Waals surface area contributed by atoms with Crippen molar-refractivity contribution in [3.8, 4) is 0 Å². The lowest BCUT2D eigenvalue weighted by Gasteiger charge is -2.14. The van der Waals surface area contributed by atoms with Crippen molar-refractivity contribution in [1.82, 2.24) is 4.98 Å². The molecule has 3 aromatic rings. The van der Waals surface area contributed by atoms with Crippen molar-refractivity contribution in [3.05, 3.63) is 78.0 Å². The predicted molar refractivity (Wildman–Crippen MR) is 105 cm³/mol. The van der Waals surface area contributed by atoms with E-state index in [0.717, 1.165) is 17.7 Å². The van der Waals surface area contributed by atoms with Gasteiger partial charge in [0, 0.05) is 5.69 Å². The Kier molecular flexibility index (Phi) is 5.23. The summed E-state index contributed by atoms with van der Waals surface area (Å²) in [5.74, 6) is 0.664. The molecule has 2 N–H and O–H groups in total. The summed E-state index contributed by atoms with van der Waals surface area (Å²) in [4.78, 5) is 4.55. The number of para-hydroxylation sites is 1. The van der Waals surface area contributed by atoms with Gasteiger partial charge in [0.1, 0.15) is 5.82 Å². The van der Waals surface area contributed by atoms with E-state index in [4.69, 9.17) is 0 Å². The van der Waals surface area contributed by atoms with Gasteiger partial charge in [-0.2, -0.15) is 0 Å². The minimum atomic E-state index is -3.61. The molecule has 0 aliphatic heterocycles. The number of nitrogens with one attached hydrogen (secondary N) is 2. The monoisotopic (exact) mass is 367 g/mol. The Morgan fingerprint density at radius 2 is 1.73 bits per heavy atom. The first-order valence-corrected chi connectivity index (χ1v) is 9.87. The van der Waals surface area contributed by atoms with Crippen LogP contribution in [0.4, 0.5) is 17.2 Å². The molecule has 2 aromatic carbocycles. The van der Waals surface area contributed by atoms with E-state index in [-0.39, 0.29) is 4.90 Å². The lowest BCUT2D eigenvalue weighted by atomic mass is 10.1. The fourth-order valence-electron chi connectivity index (χ4n) is 2.67. The van der Waals surface area contributed by atoms with E-state index in [9.17, 15) is 8.42 Å². The first-order chi connectivity index (χ1) is 12.5. The molecule has 0 fully saturated rings. The van der Waals surface area contributed by atoms with Crippen molar-refractivity contribution in [2.75, 3.05) is 10.0 Å². The Balaban J connectivity index is 1.78. The summed E-state index contributed by atoms with van der Waals surface area (Å²) in [5, 5.41) is 3.33. The zero-order valence-electron chi connectivity index (χ0n) is 14.7. The van der Waals surface area contributed by atoms with Gasteiger partial charge in [-0.25, -0.2) is 13.4 Å². The highest BCUT2D eigenvalue weighted by molar-refractivity contribution is 7.92. The van der Waals surface area contributed by atoms with Gasteiger partial charge in [0.15, 0.2) is 0 Å². The summed E-state index contributed by atoms with van der Waals surface area (Å²) in [6.07, 6.45) is 2.42. The molecule has 0 atom stereocenters. The summed E-state index contributed by atoms with van der Waals surface area (Å²) in [6.45, 7) is 4.15. The Labute approximate surface area is 154 Å². The minimum absolute atomic E-state index is 0.217. The second kappa shape index (κ2) is 7.58. The highest BCUT2D eigenvalue weighted by Gasteiger charge is 2.13. The molecule has 0 bridgehead atoms. The summed E-state index contributed by atoms with van der Waals surface area (Å²) >= 11 is 0. The molecule has 1 aromatic heterocycles. The third-order valence-electron chi connectivity index (χ3n) is 4.06. The number of nitrogens with zero attached hydrogens (tertiary/aromatic N) is 1. The van der Waals surface area contributed by atoms with Crippen molar-refractivity contribution in [2.24, 2.45) is 0 Å². The zero-order chi connectivity index (χ0) is 18.6. The first kappa shape index (κ1) is 17.9. The molecule has 3 rings (SSSR count). The molecule has 6 heteroatoms. The molecule has 26 heavy (non-hydrogen) atoms. The normalized spacial score (nSPS) is 11.2. The Bertz CT molecular complexity index is 985. The molecule has 5 nitrogen and oxygen atoms in total. The van der Waals surface area contributed by atoms with Crippen LogP contribution in [0.2, 0.25) is 0 Å². The Morgan fingerprint density at radius 3 is 2.38 bits per heavy atom. The van der Waals surface area contributed by atoms with Crippen molar-refractivity contribution in [1.29, 1.82) is 0 Å². The summed E-state index contributed by atoms with van der Waals surface area (Å²) < 4.78 is 27.2. The lowest BCUT2D eigenvalue weighted by Crippen LogP contribution is -2.13. The maximum atomic E-state index is 12.4. The van der Waals surface area contributed by atoms with E-state index in [0.29, 0.717) is 11.5 Å². The number of pyridine rings is 1. The van der Waals surface area contributed by atoms with Crippen LogP contribution in [-0.4, -0.2) is 13.4 Å². The summed E-state index contributed by atoms with van der Waals surface area (Å²) in [5.41, 5.74) is 3.81. The Hall–Kier alpha value is -2.86. The quantitative estimate of drug-likeness (QED) is 0.673. The SMILES string of the molecule is CCc1cccc(C)c1Nc1ccc(NS(=O)(=O)c2ccccc2)cn1. The van der Waals surface area contributed by atoms with Crippen LogP contribution in [0.25, 0.3) is 0 Å². The van der Waals surface area contributed by atoms with Crippen LogP contribution in [0.1, 0.15) is 18.1 Å². The van der Waals surface area contributed by atoms with Gasteiger partial charge in [-0.3, -0.25) is 4.72 Å². The van der Waals surface area contributed by atoms with Crippen LogP contribution in [-0.2, 0) is 16.4 Å². The fraction of sp³-hybridized carbons (Fsp3) is 0.150. The maximum Gasteiger partial charge on any atom is 0.261 e. The molecule has 0 spiro atoms. The second-order valence-corrected chi connectivity index (χ2v) is 7.62. The van der Waals surface area contributed by atoms with Crippen LogP contribution >= 0.6 is 0 Å². The van der Waals surface area contributed by atoms with Gasteiger partial charge < -0.3 is 5.32 Å². The molecule has 0 amide bonds. The number of sulfonamides is 1. The molecular formula is C20H21N3O2S. The van der Waals surface area contributed by atoms with Gasteiger partial charge in [0.05, 0.1) is 16.8 Å². The average Bonchev–Trinajstić information content (AvgIpc) is 2.65. The van der Waals surface area contributed by atoms with E-state index < -0.39 is 10.0 Å². The number of hydrogen-bond acceptors (Lipinski definition) is 4. The minimum Gasteiger partial charge on any atom is -0.340 e. The molecule has 0 radical (unpaired) electrons. The number of anilines is 3. The fourth-order valence-corrected chi connectivity index (χ4v) is 3.74. The van der Waals surface area contributed by atoms with Gasteiger partial charge in [-0.1, -0.05) is 43.3 Å². The average molecular weight is 367 g/mol. The molecule has 0 aliphatic carbocycles. The van der Waals surface area contributed by atoms with Crippen molar-refractivity contribution >= 4 is 27.2 Å². The number of aromatic nitrogens is 1. The predicted octanol–water partition coefficient (Wildman–Crippen LogP) is 4.50. The van der Waals surface area contributed by atoms with Crippen LogP contribution in [0.5, 0.6) is 0 Å². The number of rotatable bonds is 6. The van der Waals surface area contributed by atoms with E-state index in [1.165, 1.54) is 11.8 Å². The van der Waals surface area contributed by atoms with E-state index in [1.807, 2.05) is 19.1 Å². The van der Waals surface area contributed by atoms with Crippen molar-refractivity contribution in [2.45, 2.75) is 25.2 Å². The van der Waals surface area contributed by atoms with Crippen LogP contribution in [0.15, 0.2) is 71.8 Å². The summed E-state index contributed by atoms with van der Waals surface area (Å²) in [7, 11) is -3.61. The van der Waals surface area contributed by atoms with Crippen molar-refractivity contribution in [3.63, 3.8) is 0 Å². The van der Waals surface area contributed by atoms with Crippen LogP contribution < -0.4 is 10.0 Å². The Morgan fingerprint density at radius 1 is 0.962 bits per heavy atom. The van der Waals surface area contributed by atoms with E-state index in [2.05, 4.69) is 28.0 Å². The molecule has 0 aliphatic rings. The summed E-state index contributed by atoms with van der Waals surface area (Å²) in [6, 6.07) is 17.9. The first-order valence-electron chi connectivity index (χ1n) is 8.39. The standard InChI is InChI=1S/C20H21N3O2S/c1-3-16-9-7-8-15(2)20(16)22-19-13-12-17(14-21-19)23-26(24,25)18-10-5-4-6-11-18/h4-14,23H,3H2,1-2H3,(H,21,22). The highest BCUT2D eigenvalue weighted by atomic mass is 32.2. The molecule has 0 saturated heterocycles. The largest absolute Gasteiger partial charge is 0.340 e. The third kappa shape index (κ3) is 4.03. The van der Waals surface area contributed by atoms with Gasteiger partial charge in [-0.15, -0.1) is 0 Å². The van der Waals surface area contributed by atoms with Crippen molar-refractivity contribution < 1.29 is 8.42 Å². The number of hydrogen-bond donors (Lipinski definition) is 2. The molecule has 1 heterocycles. The molecule has 0 saturated carbocycles. The molecule has 0 unspecified atom stereocenters. The number of benzene rings is 2. The maximum absolute atomic E-state index is 12.4. The van der Waals surface area contributed by atoms with Crippen LogP contribution in [0, 0.1) is 6.92 Å². The molecule has 134 valence electrons. The van der Waals surface area contributed by atoms with Gasteiger partial charge in [0.25, 0.3) is 10.0 Å². The zero-order valence-corrected chi connectivity index (χ0v) is 15.5. The van der Waals surface area contributed by atoms with Gasteiger partial charge in [0.2, 0.25) is 0 Å².